The highest BCUT2D eigenvalue weighted by molar-refractivity contribution is 5.16. The molecule has 3 heteroatoms. The smallest absolute Gasteiger partial charge is 0.122 e. The Morgan fingerprint density at radius 3 is 2.82 bits per heavy atom. The molecule has 1 unspecified atom stereocenters. The van der Waals surface area contributed by atoms with Gasteiger partial charge in [-0.15, -0.1) is 0 Å². The van der Waals surface area contributed by atoms with Crippen LogP contribution in [-0.2, 0) is 13.1 Å². The summed E-state index contributed by atoms with van der Waals surface area (Å²) >= 11 is 0. The van der Waals surface area contributed by atoms with Gasteiger partial charge >= 0.3 is 0 Å². The van der Waals surface area contributed by atoms with E-state index in [0.29, 0.717) is 6.04 Å². The minimum absolute atomic E-state index is 0.627. The normalized spacial score (nSPS) is 13.2. The van der Waals surface area contributed by atoms with Gasteiger partial charge in [-0.05, 0) is 33.0 Å². The van der Waals surface area contributed by atoms with Crippen molar-refractivity contribution in [1.29, 1.82) is 0 Å². The molecule has 1 aromatic heterocycles. The molecule has 1 aromatic rings. The average Bonchev–Trinajstić information content (AvgIpc) is 2.74. The van der Waals surface area contributed by atoms with Crippen molar-refractivity contribution >= 4 is 0 Å². The van der Waals surface area contributed by atoms with Crippen LogP contribution in [0.4, 0.5) is 0 Å². The third kappa shape index (κ3) is 4.52. The van der Waals surface area contributed by atoms with Crippen LogP contribution in [0.3, 0.4) is 0 Å². The van der Waals surface area contributed by atoms with Crippen LogP contribution in [0.1, 0.15) is 44.9 Å². The third-order valence-corrected chi connectivity index (χ3v) is 3.25. The molecule has 0 aliphatic heterocycles. The summed E-state index contributed by atoms with van der Waals surface area (Å²) in [5, 5.41) is 3.31. The molecule has 0 saturated carbocycles. The first-order valence-corrected chi connectivity index (χ1v) is 6.65. The van der Waals surface area contributed by atoms with Gasteiger partial charge in [0.1, 0.15) is 5.76 Å². The summed E-state index contributed by atoms with van der Waals surface area (Å²) in [6.45, 7) is 9.40. The second-order valence-electron chi connectivity index (χ2n) is 4.70. The third-order valence-electron chi connectivity index (χ3n) is 3.25. The number of rotatable bonds is 8. The van der Waals surface area contributed by atoms with Crippen LogP contribution in [0.5, 0.6) is 0 Å². The van der Waals surface area contributed by atoms with E-state index in [-0.39, 0.29) is 0 Å². The molecule has 3 nitrogen and oxygen atoms in total. The van der Waals surface area contributed by atoms with E-state index in [1.807, 2.05) is 0 Å². The van der Waals surface area contributed by atoms with Crippen LogP contribution < -0.4 is 5.32 Å². The molecule has 0 spiro atoms. The molecule has 98 valence electrons. The van der Waals surface area contributed by atoms with E-state index in [1.165, 1.54) is 18.4 Å². The van der Waals surface area contributed by atoms with E-state index in [9.17, 15) is 0 Å². The summed E-state index contributed by atoms with van der Waals surface area (Å²) in [5.74, 6) is 1.07. The number of hydrogen-bond acceptors (Lipinski definition) is 3. The summed E-state index contributed by atoms with van der Waals surface area (Å²) in [7, 11) is 2.18. The second kappa shape index (κ2) is 7.51. The van der Waals surface area contributed by atoms with E-state index in [2.05, 4.69) is 44.1 Å². The number of furan rings is 1. The summed E-state index contributed by atoms with van der Waals surface area (Å²) in [6.07, 6.45) is 4.28. The van der Waals surface area contributed by atoms with Gasteiger partial charge in [0, 0.05) is 18.2 Å². The molecule has 1 rings (SSSR count). The van der Waals surface area contributed by atoms with Crippen molar-refractivity contribution in [2.75, 3.05) is 13.6 Å². The predicted octanol–water partition coefficient (Wildman–Crippen LogP) is 3.01. The molecule has 1 N–H and O–H groups in total. The highest BCUT2D eigenvalue weighted by Gasteiger charge is 2.12. The molecular formula is C14H26N2O. The monoisotopic (exact) mass is 238 g/mol. The van der Waals surface area contributed by atoms with Gasteiger partial charge in [-0.2, -0.15) is 0 Å². The first kappa shape index (κ1) is 14.3. The molecule has 1 heterocycles. The lowest BCUT2D eigenvalue weighted by molar-refractivity contribution is 0.235. The summed E-state index contributed by atoms with van der Waals surface area (Å²) in [5.41, 5.74) is 1.30. The van der Waals surface area contributed by atoms with Gasteiger partial charge in [-0.25, -0.2) is 0 Å². The topological polar surface area (TPSA) is 28.4 Å². The molecule has 0 fully saturated rings. The maximum absolute atomic E-state index is 5.52. The van der Waals surface area contributed by atoms with Crippen molar-refractivity contribution in [3.05, 3.63) is 23.7 Å². The molecule has 17 heavy (non-hydrogen) atoms. The zero-order valence-electron chi connectivity index (χ0n) is 11.6. The second-order valence-corrected chi connectivity index (χ2v) is 4.70. The summed E-state index contributed by atoms with van der Waals surface area (Å²) < 4.78 is 5.52. The Balaban J connectivity index is 2.52. The summed E-state index contributed by atoms with van der Waals surface area (Å²) in [4.78, 5) is 2.39. The Kier molecular flexibility index (Phi) is 6.30. The van der Waals surface area contributed by atoms with Gasteiger partial charge in [-0.3, -0.25) is 4.90 Å². The lowest BCUT2D eigenvalue weighted by Gasteiger charge is -2.24. The summed E-state index contributed by atoms with van der Waals surface area (Å²) in [6, 6.07) is 2.71. The predicted molar refractivity (Wildman–Crippen MR) is 71.9 cm³/mol. The zero-order valence-corrected chi connectivity index (χ0v) is 11.6. The van der Waals surface area contributed by atoms with Crippen LogP contribution in [-0.4, -0.2) is 24.5 Å². The SMILES string of the molecule is CCCC(C)N(C)Cc1ccoc1CNCC. The molecular weight excluding hydrogens is 212 g/mol. The molecule has 0 amide bonds. The van der Waals surface area contributed by atoms with Gasteiger partial charge < -0.3 is 9.73 Å². The number of hydrogen-bond donors (Lipinski definition) is 1. The first-order chi connectivity index (χ1) is 8.19. The van der Waals surface area contributed by atoms with Gasteiger partial charge in [0.05, 0.1) is 12.8 Å². The Morgan fingerprint density at radius 1 is 1.41 bits per heavy atom. The van der Waals surface area contributed by atoms with Crippen LogP contribution in [0.2, 0.25) is 0 Å². The highest BCUT2D eigenvalue weighted by Crippen LogP contribution is 2.15. The van der Waals surface area contributed by atoms with Gasteiger partial charge in [-0.1, -0.05) is 20.3 Å². The fourth-order valence-corrected chi connectivity index (χ4v) is 1.96. The van der Waals surface area contributed by atoms with E-state index in [0.717, 1.165) is 25.4 Å². The van der Waals surface area contributed by atoms with Crippen molar-refractivity contribution in [1.82, 2.24) is 10.2 Å². The molecule has 0 radical (unpaired) electrons. The van der Waals surface area contributed by atoms with E-state index in [4.69, 9.17) is 4.42 Å². The lowest BCUT2D eigenvalue weighted by Crippen LogP contribution is -2.28. The van der Waals surface area contributed by atoms with E-state index < -0.39 is 0 Å². The van der Waals surface area contributed by atoms with E-state index >= 15 is 0 Å². The minimum atomic E-state index is 0.627. The maximum Gasteiger partial charge on any atom is 0.122 e. The fourth-order valence-electron chi connectivity index (χ4n) is 1.96. The molecule has 0 aliphatic rings. The standard InChI is InChI=1S/C14H26N2O/c1-5-7-12(3)16(4)11-13-8-9-17-14(13)10-15-6-2/h8-9,12,15H,5-7,10-11H2,1-4H3. The van der Waals surface area contributed by atoms with Gasteiger partial charge in [0.25, 0.3) is 0 Å². The van der Waals surface area contributed by atoms with Gasteiger partial charge in [0.2, 0.25) is 0 Å². The maximum atomic E-state index is 5.52. The van der Waals surface area contributed by atoms with E-state index in [1.54, 1.807) is 6.26 Å². The lowest BCUT2D eigenvalue weighted by atomic mass is 10.1. The Labute approximate surface area is 105 Å². The molecule has 0 saturated heterocycles. The molecule has 1 atom stereocenters. The molecule has 0 bridgehead atoms. The van der Waals surface area contributed by atoms with Gasteiger partial charge in [0.15, 0.2) is 0 Å². The van der Waals surface area contributed by atoms with Crippen molar-refractivity contribution in [2.45, 2.75) is 52.7 Å². The number of nitrogens with one attached hydrogen (secondary N) is 1. The Bertz CT molecular complexity index is 309. The fraction of sp³-hybridized carbons (Fsp3) is 0.714. The Hall–Kier alpha value is -0.800. The minimum Gasteiger partial charge on any atom is -0.468 e. The van der Waals surface area contributed by atoms with Crippen molar-refractivity contribution in [3.63, 3.8) is 0 Å². The number of nitrogens with zero attached hydrogens (tertiary/aromatic N) is 1. The van der Waals surface area contributed by atoms with Crippen LogP contribution in [0.15, 0.2) is 16.7 Å². The molecule has 0 aliphatic carbocycles. The van der Waals surface area contributed by atoms with Crippen molar-refractivity contribution in [3.8, 4) is 0 Å². The van der Waals surface area contributed by atoms with Crippen LogP contribution >= 0.6 is 0 Å². The zero-order chi connectivity index (χ0) is 12.7. The quantitative estimate of drug-likeness (QED) is 0.754. The highest BCUT2D eigenvalue weighted by atomic mass is 16.3. The van der Waals surface area contributed by atoms with Crippen LogP contribution in [0.25, 0.3) is 0 Å². The van der Waals surface area contributed by atoms with Crippen molar-refractivity contribution in [2.24, 2.45) is 0 Å². The molecule has 0 aromatic carbocycles. The average molecular weight is 238 g/mol. The first-order valence-electron chi connectivity index (χ1n) is 6.65. The van der Waals surface area contributed by atoms with Crippen molar-refractivity contribution < 1.29 is 4.42 Å². The van der Waals surface area contributed by atoms with Crippen LogP contribution in [0, 0.1) is 0 Å². The largest absolute Gasteiger partial charge is 0.468 e. The Morgan fingerprint density at radius 2 is 2.18 bits per heavy atom.